The average Bonchev–Trinajstić information content (AvgIpc) is 3.05. The van der Waals surface area contributed by atoms with Gasteiger partial charge in [0.25, 0.3) is 0 Å². The monoisotopic (exact) mass is 365 g/mol. The van der Waals surface area contributed by atoms with Crippen molar-refractivity contribution in [2.75, 3.05) is 19.0 Å². The van der Waals surface area contributed by atoms with Crippen LogP contribution in [-0.2, 0) is 20.9 Å². The van der Waals surface area contributed by atoms with Crippen LogP contribution in [0.15, 0.2) is 30.3 Å². The van der Waals surface area contributed by atoms with Gasteiger partial charge in [-0.05, 0) is 30.7 Å². The second-order valence-corrected chi connectivity index (χ2v) is 7.59. The van der Waals surface area contributed by atoms with Gasteiger partial charge in [0, 0.05) is 19.0 Å². The molecule has 136 valence electrons. The highest BCUT2D eigenvalue weighted by molar-refractivity contribution is 8.00. The number of hydrogen-bond acceptors (Lipinski definition) is 5. The van der Waals surface area contributed by atoms with Gasteiger partial charge in [-0.2, -0.15) is 0 Å². The molecule has 2 fully saturated rings. The fourth-order valence-electron chi connectivity index (χ4n) is 3.24. The molecule has 1 unspecified atom stereocenters. The highest BCUT2D eigenvalue weighted by Crippen LogP contribution is 2.36. The summed E-state index contributed by atoms with van der Waals surface area (Å²) in [4.78, 5) is 25.6. The van der Waals surface area contributed by atoms with Gasteiger partial charge in [0.05, 0.1) is 5.37 Å². The Bertz CT molecular complexity index is 590. The van der Waals surface area contributed by atoms with Crippen molar-refractivity contribution < 1.29 is 24.2 Å². The van der Waals surface area contributed by atoms with Gasteiger partial charge in [0.1, 0.15) is 12.6 Å². The molecule has 3 rings (SSSR count). The molecule has 1 aromatic rings. The fourth-order valence-corrected chi connectivity index (χ4v) is 4.75. The van der Waals surface area contributed by atoms with Gasteiger partial charge in [-0.25, -0.2) is 9.59 Å². The van der Waals surface area contributed by atoms with Crippen LogP contribution in [0.1, 0.15) is 24.8 Å². The van der Waals surface area contributed by atoms with Crippen LogP contribution in [0.5, 0.6) is 0 Å². The first-order valence-corrected chi connectivity index (χ1v) is 9.61. The van der Waals surface area contributed by atoms with Crippen molar-refractivity contribution in [1.29, 1.82) is 0 Å². The highest BCUT2D eigenvalue weighted by atomic mass is 32.2. The molecule has 1 N–H and O–H groups in total. The number of carboxylic acids is 1. The number of carboxylic acid groups (broad SMARTS) is 1. The van der Waals surface area contributed by atoms with E-state index in [4.69, 9.17) is 9.47 Å². The van der Waals surface area contributed by atoms with Crippen molar-refractivity contribution in [1.82, 2.24) is 4.90 Å². The van der Waals surface area contributed by atoms with Crippen LogP contribution in [-0.4, -0.2) is 52.5 Å². The van der Waals surface area contributed by atoms with Crippen LogP contribution in [0, 0.1) is 5.92 Å². The molecule has 2 aliphatic rings. The molecule has 2 saturated heterocycles. The molecule has 0 aromatic heterocycles. The summed E-state index contributed by atoms with van der Waals surface area (Å²) in [6.07, 6.45) is 2.17. The Labute approximate surface area is 151 Å². The molecule has 2 aliphatic heterocycles. The maximum Gasteiger partial charge on any atom is 0.411 e. The van der Waals surface area contributed by atoms with E-state index in [1.807, 2.05) is 30.3 Å². The molecule has 0 radical (unpaired) electrons. The van der Waals surface area contributed by atoms with Gasteiger partial charge >= 0.3 is 12.1 Å². The number of rotatable bonds is 5. The molecule has 2 atom stereocenters. The predicted octanol–water partition coefficient (Wildman–Crippen LogP) is 2.97. The first kappa shape index (κ1) is 18.1. The normalized spacial score (nSPS) is 24.2. The number of carbonyl (C=O) groups is 2. The van der Waals surface area contributed by atoms with Gasteiger partial charge in [0.2, 0.25) is 0 Å². The van der Waals surface area contributed by atoms with Crippen LogP contribution in [0.3, 0.4) is 0 Å². The first-order chi connectivity index (χ1) is 12.1. The summed E-state index contributed by atoms with van der Waals surface area (Å²) in [5.74, 6) is -0.106. The number of amides is 1. The van der Waals surface area contributed by atoms with Crippen LogP contribution in [0.2, 0.25) is 0 Å². The van der Waals surface area contributed by atoms with E-state index >= 15 is 0 Å². The second-order valence-electron chi connectivity index (χ2n) is 6.38. The van der Waals surface area contributed by atoms with Crippen LogP contribution in [0.4, 0.5) is 4.79 Å². The Morgan fingerprint density at radius 2 is 1.96 bits per heavy atom. The van der Waals surface area contributed by atoms with Gasteiger partial charge in [0.15, 0.2) is 0 Å². The lowest BCUT2D eigenvalue weighted by Crippen LogP contribution is -2.46. The van der Waals surface area contributed by atoms with Crippen molar-refractivity contribution in [3.63, 3.8) is 0 Å². The van der Waals surface area contributed by atoms with E-state index in [1.165, 1.54) is 16.7 Å². The zero-order valence-electron chi connectivity index (χ0n) is 14.0. The summed E-state index contributed by atoms with van der Waals surface area (Å²) in [6.45, 7) is 1.63. The summed E-state index contributed by atoms with van der Waals surface area (Å²) in [6, 6.07) is 8.58. The highest BCUT2D eigenvalue weighted by Gasteiger charge is 2.43. The minimum absolute atomic E-state index is 0.146. The van der Waals surface area contributed by atoms with E-state index in [0.29, 0.717) is 11.7 Å². The van der Waals surface area contributed by atoms with E-state index < -0.39 is 18.1 Å². The maximum absolute atomic E-state index is 12.6. The van der Waals surface area contributed by atoms with Crippen LogP contribution < -0.4 is 0 Å². The van der Waals surface area contributed by atoms with Gasteiger partial charge in [-0.15, -0.1) is 11.8 Å². The second kappa shape index (κ2) is 8.58. The van der Waals surface area contributed by atoms with Crippen molar-refractivity contribution in [2.24, 2.45) is 5.92 Å². The van der Waals surface area contributed by atoms with Crippen molar-refractivity contribution in [3.05, 3.63) is 35.9 Å². The third kappa shape index (κ3) is 4.67. The summed E-state index contributed by atoms with van der Waals surface area (Å²) in [7, 11) is 0. The third-order valence-electron chi connectivity index (χ3n) is 4.67. The number of hydrogen-bond donors (Lipinski definition) is 1. The predicted molar refractivity (Wildman–Crippen MR) is 94.3 cm³/mol. The number of carbonyl (C=O) groups excluding carboxylic acids is 1. The zero-order chi connectivity index (χ0) is 17.6. The van der Waals surface area contributed by atoms with E-state index in [0.717, 1.165) is 38.0 Å². The molecule has 0 saturated carbocycles. The lowest BCUT2D eigenvalue weighted by molar-refractivity contribution is -0.141. The van der Waals surface area contributed by atoms with E-state index in [2.05, 4.69) is 0 Å². The number of benzene rings is 1. The van der Waals surface area contributed by atoms with Gasteiger partial charge in [-0.1, -0.05) is 30.3 Å². The van der Waals surface area contributed by atoms with Crippen molar-refractivity contribution >= 4 is 23.8 Å². The zero-order valence-corrected chi connectivity index (χ0v) is 14.8. The lowest BCUT2D eigenvalue weighted by atomic mass is 9.96. The largest absolute Gasteiger partial charge is 0.480 e. The molecular formula is C18H23NO5S. The minimum atomic E-state index is -0.973. The van der Waals surface area contributed by atoms with E-state index in [1.54, 1.807) is 0 Å². The molecule has 1 amide bonds. The first-order valence-electron chi connectivity index (χ1n) is 8.56. The lowest BCUT2D eigenvalue weighted by Gasteiger charge is -2.30. The molecular weight excluding hydrogens is 342 g/mol. The maximum atomic E-state index is 12.6. The molecule has 1 aromatic carbocycles. The van der Waals surface area contributed by atoms with Gasteiger partial charge < -0.3 is 14.6 Å². The summed E-state index contributed by atoms with van der Waals surface area (Å²) in [5, 5.41) is 9.31. The fraction of sp³-hybridized carbons (Fsp3) is 0.556. The molecule has 6 nitrogen and oxygen atoms in total. The average molecular weight is 365 g/mol. The topological polar surface area (TPSA) is 76.1 Å². The van der Waals surface area contributed by atoms with Crippen molar-refractivity contribution in [2.45, 2.75) is 37.3 Å². The van der Waals surface area contributed by atoms with Crippen molar-refractivity contribution in [3.8, 4) is 0 Å². The Hall–Kier alpha value is -1.73. The van der Waals surface area contributed by atoms with Crippen LogP contribution >= 0.6 is 11.8 Å². The SMILES string of the molecule is O=C(O)C1CS[C@H](CC2CCOCC2)N1C(=O)OCc1ccccc1. The molecule has 25 heavy (non-hydrogen) atoms. The molecule has 2 heterocycles. The Kier molecular flexibility index (Phi) is 6.20. The van der Waals surface area contributed by atoms with Gasteiger partial charge in [-0.3, -0.25) is 4.90 Å². The minimum Gasteiger partial charge on any atom is -0.480 e. The Morgan fingerprint density at radius 3 is 2.64 bits per heavy atom. The summed E-state index contributed by atoms with van der Waals surface area (Å²) in [5.41, 5.74) is 0.885. The smallest absolute Gasteiger partial charge is 0.411 e. The number of nitrogens with zero attached hydrogens (tertiary/aromatic N) is 1. The number of thioether (sulfide) groups is 1. The molecule has 0 bridgehead atoms. The Balaban J connectivity index is 1.63. The third-order valence-corrected chi connectivity index (χ3v) is 5.98. The standard InChI is InChI=1S/C18H23NO5S/c20-17(21)15-12-25-16(10-13-6-8-23-9-7-13)19(15)18(22)24-11-14-4-2-1-3-5-14/h1-5,13,15-16H,6-12H2,(H,20,21)/t15?,16-/m1/s1. The quantitative estimate of drug-likeness (QED) is 0.865. The van der Waals surface area contributed by atoms with E-state index in [-0.39, 0.29) is 12.0 Å². The molecule has 0 spiro atoms. The van der Waals surface area contributed by atoms with E-state index in [9.17, 15) is 14.7 Å². The summed E-state index contributed by atoms with van der Waals surface area (Å²) >= 11 is 1.53. The molecule has 7 heteroatoms. The molecule has 0 aliphatic carbocycles. The summed E-state index contributed by atoms with van der Waals surface area (Å²) < 4.78 is 10.8. The van der Waals surface area contributed by atoms with Crippen LogP contribution in [0.25, 0.3) is 0 Å². The Morgan fingerprint density at radius 1 is 1.24 bits per heavy atom. The number of ether oxygens (including phenoxy) is 2. The number of aliphatic carboxylic acids is 1.